The van der Waals surface area contributed by atoms with E-state index in [4.69, 9.17) is 10.7 Å². The molecule has 4 aliphatic heterocycles. The van der Waals surface area contributed by atoms with Crippen molar-refractivity contribution in [2.24, 2.45) is 0 Å². The van der Waals surface area contributed by atoms with Gasteiger partial charge in [0.05, 0.1) is 0 Å². The molecule has 4 saturated heterocycles. The van der Waals surface area contributed by atoms with Gasteiger partial charge in [0.1, 0.15) is 17.4 Å². The second kappa shape index (κ2) is 7.92. The lowest BCUT2D eigenvalue weighted by Crippen LogP contribution is -2.46. The van der Waals surface area contributed by atoms with Crippen molar-refractivity contribution in [1.82, 2.24) is 19.9 Å². The third-order valence-corrected chi connectivity index (χ3v) is 7.60. The Kier molecular flexibility index (Phi) is 4.96. The first-order valence-electron chi connectivity index (χ1n) is 11.8. The van der Waals surface area contributed by atoms with E-state index in [2.05, 4.69) is 24.8 Å². The Labute approximate surface area is 194 Å². The zero-order chi connectivity index (χ0) is 23.6. The van der Waals surface area contributed by atoms with Crippen LogP contribution in [-0.2, 0) is 9.59 Å². The number of rotatable bonds is 4. The van der Waals surface area contributed by atoms with Gasteiger partial charge in [-0.15, -0.1) is 0 Å². The van der Waals surface area contributed by atoms with Crippen molar-refractivity contribution in [2.45, 2.75) is 82.0 Å². The number of alkyl halides is 2. The van der Waals surface area contributed by atoms with Crippen LogP contribution in [0.2, 0.25) is 0 Å². The molecule has 4 atom stereocenters. The molecule has 34 heavy (non-hydrogen) atoms. The molecule has 4 bridgehead atoms. The summed E-state index contributed by atoms with van der Waals surface area (Å²) in [6.45, 7) is 0. The smallest absolute Gasteiger partial charge is 0.264 e. The summed E-state index contributed by atoms with van der Waals surface area (Å²) in [5.41, 5.74) is 5.49. The first-order chi connectivity index (χ1) is 16.4. The summed E-state index contributed by atoms with van der Waals surface area (Å²) in [5.74, 6) is 1.35. The molecule has 0 amide bonds. The molecule has 2 aromatic rings. The number of nitrogen functional groups attached to an aromatic ring is 1. The Morgan fingerprint density at radius 1 is 0.824 bits per heavy atom. The second-order valence-corrected chi connectivity index (χ2v) is 9.73. The van der Waals surface area contributed by atoms with Crippen LogP contribution in [0.5, 0.6) is 0 Å². The number of ketones is 2. The normalized spacial score (nSPS) is 28.3. The molecular formula is C23H25F2N7O2. The van der Waals surface area contributed by atoms with Crippen LogP contribution in [0.25, 0.3) is 11.4 Å². The van der Waals surface area contributed by atoms with Crippen molar-refractivity contribution in [3.05, 3.63) is 17.8 Å². The predicted octanol–water partition coefficient (Wildman–Crippen LogP) is 2.85. The Morgan fingerprint density at radius 2 is 1.29 bits per heavy atom. The van der Waals surface area contributed by atoms with E-state index < -0.39 is 6.43 Å². The fourth-order valence-electron chi connectivity index (χ4n) is 6.16. The van der Waals surface area contributed by atoms with Crippen molar-refractivity contribution >= 4 is 29.3 Å². The fourth-order valence-corrected chi connectivity index (χ4v) is 6.16. The number of Topliss-reactive ketones (excluding diaryl/α,β-unsaturated/α-hetero) is 2. The molecule has 4 fully saturated rings. The number of hydrogen-bond donors (Lipinski definition) is 1. The molecule has 0 spiro atoms. The van der Waals surface area contributed by atoms with Crippen molar-refractivity contribution in [3.63, 3.8) is 0 Å². The summed E-state index contributed by atoms with van der Waals surface area (Å²) in [6, 6.07) is 1.12. The Bertz CT molecular complexity index is 1090. The van der Waals surface area contributed by atoms with Gasteiger partial charge in [0.25, 0.3) is 6.43 Å². The highest BCUT2D eigenvalue weighted by Crippen LogP contribution is 2.41. The number of fused-ring (bicyclic) bond motifs is 4. The van der Waals surface area contributed by atoms with Crippen molar-refractivity contribution < 1.29 is 18.4 Å². The van der Waals surface area contributed by atoms with Crippen LogP contribution in [0.4, 0.5) is 26.5 Å². The van der Waals surface area contributed by atoms with E-state index in [-0.39, 0.29) is 58.5 Å². The monoisotopic (exact) mass is 469 g/mol. The largest absolute Gasteiger partial charge is 0.384 e. The summed E-state index contributed by atoms with van der Waals surface area (Å²) < 4.78 is 27.8. The van der Waals surface area contributed by atoms with Crippen LogP contribution >= 0.6 is 0 Å². The van der Waals surface area contributed by atoms with Gasteiger partial charge >= 0.3 is 0 Å². The van der Waals surface area contributed by atoms with E-state index in [1.165, 1.54) is 6.20 Å². The van der Waals surface area contributed by atoms with Crippen LogP contribution in [0, 0.1) is 0 Å². The molecule has 0 aliphatic carbocycles. The van der Waals surface area contributed by atoms with Gasteiger partial charge in [-0.05, 0) is 31.7 Å². The van der Waals surface area contributed by atoms with Crippen molar-refractivity contribution in [2.75, 3.05) is 15.5 Å². The van der Waals surface area contributed by atoms with Crippen LogP contribution in [0.1, 0.15) is 63.4 Å². The van der Waals surface area contributed by atoms with Crippen LogP contribution in [0.3, 0.4) is 0 Å². The number of nitrogens with zero attached hydrogens (tertiary/aromatic N) is 6. The Morgan fingerprint density at radius 3 is 1.74 bits per heavy atom. The number of halogens is 2. The maximum atomic E-state index is 13.9. The number of piperidine rings is 2. The zero-order valence-electron chi connectivity index (χ0n) is 18.5. The Hall–Kier alpha value is -3.24. The first-order valence-corrected chi connectivity index (χ1v) is 11.8. The lowest BCUT2D eigenvalue weighted by molar-refractivity contribution is -0.121. The van der Waals surface area contributed by atoms with E-state index in [9.17, 15) is 18.4 Å². The molecule has 4 unspecified atom stereocenters. The lowest BCUT2D eigenvalue weighted by Gasteiger charge is -2.37. The Balaban J connectivity index is 1.49. The molecule has 0 saturated carbocycles. The zero-order valence-corrected chi connectivity index (χ0v) is 18.5. The molecule has 4 aliphatic rings. The molecule has 0 aromatic carbocycles. The van der Waals surface area contributed by atoms with Crippen LogP contribution < -0.4 is 15.5 Å². The van der Waals surface area contributed by atoms with Crippen LogP contribution in [0.15, 0.2) is 12.3 Å². The number of carbonyl (C=O) groups is 2. The minimum absolute atomic E-state index is 0.00581. The average molecular weight is 469 g/mol. The molecule has 2 aromatic heterocycles. The standard InChI is InChI=1S/C23H25F2N7O2/c24-20(25)17-9-19(26)27-10-18(17)21-28-22(31-11-1-2-12(31)6-15(33)5-11)30-23(29-21)32-13-3-4-14(32)8-16(34)7-13/h9-14,20H,1-8H2,(H2,26,27). The lowest BCUT2D eigenvalue weighted by atomic mass is 10.0. The van der Waals surface area contributed by atoms with Gasteiger partial charge in [-0.25, -0.2) is 13.8 Å². The van der Waals surface area contributed by atoms with E-state index >= 15 is 0 Å². The van der Waals surface area contributed by atoms with Gasteiger partial charge < -0.3 is 15.5 Å². The summed E-state index contributed by atoms with van der Waals surface area (Å²) in [6.07, 6.45) is 3.68. The minimum atomic E-state index is -2.78. The number of nitrogens with two attached hydrogens (primary N) is 1. The summed E-state index contributed by atoms with van der Waals surface area (Å²) in [7, 11) is 0. The number of carbonyl (C=O) groups excluding carboxylic acids is 2. The van der Waals surface area contributed by atoms with Crippen LogP contribution in [-0.4, -0.2) is 55.7 Å². The minimum Gasteiger partial charge on any atom is -0.384 e. The second-order valence-electron chi connectivity index (χ2n) is 9.73. The number of hydrogen-bond acceptors (Lipinski definition) is 9. The van der Waals surface area contributed by atoms with E-state index in [0.29, 0.717) is 37.6 Å². The quantitative estimate of drug-likeness (QED) is 0.721. The first kappa shape index (κ1) is 21.3. The third-order valence-electron chi connectivity index (χ3n) is 7.60. The molecule has 9 nitrogen and oxygen atoms in total. The van der Waals surface area contributed by atoms with Gasteiger partial charge in [0.2, 0.25) is 11.9 Å². The maximum absolute atomic E-state index is 13.9. The highest BCUT2D eigenvalue weighted by atomic mass is 19.3. The summed E-state index contributed by atoms with van der Waals surface area (Å²) in [4.78, 5) is 46.5. The molecule has 178 valence electrons. The van der Waals surface area contributed by atoms with Crippen molar-refractivity contribution in [3.8, 4) is 11.4 Å². The number of aromatic nitrogens is 4. The van der Waals surface area contributed by atoms with Gasteiger partial charge in [-0.3, -0.25) is 9.59 Å². The van der Waals surface area contributed by atoms with Gasteiger partial charge in [0.15, 0.2) is 5.82 Å². The molecule has 6 heterocycles. The van der Waals surface area contributed by atoms with E-state index in [1.54, 1.807) is 0 Å². The molecule has 0 radical (unpaired) electrons. The van der Waals surface area contributed by atoms with Gasteiger partial charge in [-0.2, -0.15) is 15.0 Å². The molecular weight excluding hydrogens is 444 g/mol. The van der Waals surface area contributed by atoms with E-state index in [0.717, 1.165) is 31.7 Å². The maximum Gasteiger partial charge on any atom is 0.264 e. The van der Waals surface area contributed by atoms with Gasteiger partial charge in [0, 0.05) is 67.2 Å². The summed E-state index contributed by atoms with van der Waals surface area (Å²) >= 11 is 0. The number of anilines is 3. The van der Waals surface area contributed by atoms with E-state index in [1.807, 2.05) is 0 Å². The van der Waals surface area contributed by atoms with Crippen molar-refractivity contribution in [1.29, 1.82) is 0 Å². The fraction of sp³-hybridized carbons (Fsp3) is 0.565. The molecule has 6 rings (SSSR count). The predicted molar refractivity (Wildman–Crippen MR) is 119 cm³/mol. The topological polar surface area (TPSA) is 118 Å². The van der Waals surface area contributed by atoms with Gasteiger partial charge in [-0.1, -0.05) is 0 Å². The highest BCUT2D eigenvalue weighted by molar-refractivity contribution is 5.83. The molecule has 2 N–H and O–H groups in total. The third kappa shape index (κ3) is 3.48. The SMILES string of the molecule is Nc1cc(C(F)F)c(-c2nc(N3C4CCC3CC(=O)C4)nc(N3C4CCC3CC(=O)C4)n2)cn1. The average Bonchev–Trinajstić information content (AvgIpc) is 3.23. The molecule has 11 heteroatoms. The number of pyridine rings is 1. The summed E-state index contributed by atoms with van der Waals surface area (Å²) in [5, 5.41) is 0. The highest BCUT2D eigenvalue weighted by Gasteiger charge is 2.44.